The van der Waals surface area contributed by atoms with Gasteiger partial charge in [0.2, 0.25) is 0 Å². The van der Waals surface area contributed by atoms with E-state index in [4.69, 9.17) is 17.3 Å². The number of nitrogens with zero attached hydrogens (tertiary/aromatic N) is 2. The molecule has 0 amide bonds. The van der Waals surface area contributed by atoms with Gasteiger partial charge < -0.3 is 5.73 Å². The zero-order valence-corrected chi connectivity index (χ0v) is 7.62. The third-order valence-electron chi connectivity index (χ3n) is 1.89. The SMILES string of the molecule is NCc1ncnc2c(Cl)cccc12. The molecule has 0 fully saturated rings. The Kier molecular flexibility index (Phi) is 2.12. The number of hydrogen-bond acceptors (Lipinski definition) is 3. The van der Waals surface area contributed by atoms with Gasteiger partial charge in [-0.05, 0) is 6.07 Å². The fraction of sp³-hybridized carbons (Fsp3) is 0.111. The minimum Gasteiger partial charge on any atom is -0.325 e. The summed E-state index contributed by atoms with van der Waals surface area (Å²) in [6, 6.07) is 5.59. The number of nitrogens with two attached hydrogens (primary N) is 1. The maximum atomic E-state index is 5.95. The quantitative estimate of drug-likeness (QED) is 0.751. The molecule has 2 aromatic rings. The second-order valence-corrected chi connectivity index (χ2v) is 3.07. The van der Waals surface area contributed by atoms with Crippen LogP contribution in [-0.2, 0) is 6.54 Å². The maximum Gasteiger partial charge on any atom is 0.116 e. The van der Waals surface area contributed by atoms with Crippen molar-refractivity contribution in [2.24, 2.45) is 5.73 Å². The summed E-state index contributed by atoms with van der Waals surface area (Å²) < 4.78 is 0. The summed E-state index contributed by atoms with van der Waals surface area (Å²) >= 11 is 5.95. The van der Waals surface area contributed by atoms with Crippen molar-refractivity contribution in [1.29, 1.82) is 0 Å². The van der Waals surface area contributed by atoms with E-state index in [-0.39, 0.29) is 0 Å². The van der Waals surface area contributed by atoms with Gasteiger partial charge in [0.1, 0.15) is 6.33 Å². The number of rotatable bonds is 1. The molecule has 0 radical (unpaired) electrons. The summed E-state index contributed by atoms with van der Waals surface area (Å²) in [7, 11) is 0. The van der Waals surface area contributed by atoms with Crippen LogP contribution in [0.4, 0.5) is 0 Å². The van der Waals surface area contributed by atoms with Crippen molar-refractivity contribution < 1.29 is 0 Å². The van der Waals surface area contributed by atoms with Gasteiger partial charge in [0.05, 0.1) is 16.2 Å². The molecule has 1 heterocycles. The minimum atomic E-state index is 0.402. The fourth-order valence-corrected chi connectivity index (χ4v) is 1.49. The second-order valence-electron chi connectivity index (χ2n) is 2.66. The maximum absolute atomic E-state index is 5.95. The highest BCUT2D eigenvalue weighted by Gasteiger charge is 2.03. The van der Waals surface area contributed by atoms with E-state index < -0.39 is 0 Å². The highest BCUT2D eigenvalue weighted by molar-refractivity contribution is 6.35. The van der Waals surface area contributed by atoms with Crippen molar-refractivity contribution in [1.82, 2.24) is 9.97 Å². The predicted octanol–water partition coefficient (Wildman–Crippen LogP) is 1.74. The van der Waals surface area contributed by atoms with E-state index in [9.17, 15) is 0 Å². The van der Waals surface area contributed by atoms with E-state index in [1.54, 1.807) is 6.07 Å². The predicted molar refractivity (Wildman–Crippen MR) is 52.4 cm³/mol. The van der Waals surface area contributed by atoms with Gasteiger partial charge in [-0.1, -0.05) is 23.7 Å². The Morgan fingerprint density at radius 2 is 2.15 bits per heavy atom. The zero-order chi connectivity index (χ0) is 9.26. The molecule has 0 aliphatic heterocycles. The van der Waals surface area contributed by atoms with Crippen molar-refractivity contribution >= 4 is 22.5 Å². The Bertz CT molecular complexity index is 442. The number of aromatic nitrogens is 2. The normalized spacial score (nSPS) is 10.6. The molecule has 0 bridgehead atoms. The van der Waals surface area contributed by atoms with Crippen molar-refractivity contribution in [2.45, 2.75) is 6.54 Å². The summed E-state index contributed by atoms with van der Waals surface area (Å²) in [6.45, 7) is 0.402. The standard InChI is InChI=1S/C9H8ClN3/c10-7-3-1-2-6-8(4-11)12-5-13-9(6)7/h1-3,5H,4,11H2. The van der Waals surface area contributed by atoms with Gasteiger partial charge in [-0.2, -0.15) is 0 Å². The van der Waals surface area contributed by atoms with E-state index in [1.807, 2.05) is 12.1 Å². The lowest BCUT2D eigenvalue weighted by molar-refractivity contribution is 0.990. The molecule has 2 N–H and O–H groups in total. The first-order valence-corrected chi connectivity index (χ1v) is 4.29. The molecule has 0 aliphatic rings. The van der Waals surface area contributed by atoms with Crippen LogP contribution in [0.5, 0.6) is 0 Å². The van der Waals surface area contributed by atoms with Crippen molar-refractivity contribution in [3.63, 3.8) is 0 Å². The lowest BCUT2D eigenvalue weighted by atomic mass is 10.2. The van der Waals surface area contributed by atoms with Gasteiger partial charge in [0.15, 0.2) is 0 Å². The molecule has 0 saturated carbocycles. The number of para-hydroxylation sites is 1. The molecule has 0 unspecified atom stereocenters. The van der Waals surface area contributed by atoms with Gasteiger partial charge in [-0.15, -0.1) is 0 Å². The Morgan fingerprint density at radius 1 is 1.31 bits per heavy atom. The summed E-state index contributed by atoms with van der Waals surface area (Å²) in [5.74, 6) is 0. The van der Waals surface area contributed by atoms with Gasteiger partial charge in [-0.3, -0.25) is 0 Å². The Hall–Kier alpha value is -1.19. The summed E-state index contributed by atoms with van der Waals surface area (Å²) in [6.07, 6.45) is 1.48. The first-order chi connectivity index (χ1) is 6.33. The monoisotopic (exact) mass is 193 g/mol. The highest BCUT2D eigenvalue weighted by atomic mass is 35.5. The molecular weight excluding hydrogens is 186 g/mol. The van der Waals surface area contributed by atoms with Gasteiger partial charge in [-0.25, -0.2) is 9.97 Å². The minimum absolute atomic E-state index is 0.402. The highest BCUT2D eigenvalue weighted by Crippen LogP contribution is 2.21. The Balaban J connectivity index is 2.84. The van der Waals surface area contributed by atoms with Crippen LogP contribution in [0.2, 0.25) is 5.02 Å². The van der Waals surface area contributed by atoms with Crippen LogP contribution in [0.1, 0.15) is 5.69 Å². The summed E-state index contributed by atoms with van der Waals surface area (Å²) in [5, 5.41) is 1.56. The molecule has 13 heavy (non-hydrogen) atoms. The van der Waals surface area contributed by atoms with E-state index in [2.05, 4.69) is 9.97 Å². The van der Waals surface area contributed by atoms with Crippen LogP contribution in [0, 0.1) is 0 Å². The topological polar surface area (TPSA) is 51.8 Å². The lowest BCUT2D eigenvalue weighted by Crippen LogP contribution is -2.01. The number of benzene rings is 1. The molecule has 3 nitrogen and oxygen atoms in total. The van der Waals surface area contributed by atoms with Crippen molar-refractivity contribution in [2.75, 3.05) is 0 Å². The molecule has 0 aliphatic carbocycles. The largest absolute Gasteiger partial charge is 0.325 e. The molecule has 0 spiro atoms. The van der Waals surface area contributed by atoms with E-state index in [1.165, 1.54) is 6.33 Å². The van der Waals surface area contributed by atoms with E-state index in [0.29, 0.717) is 11.6 Å². The third kappa shape index (κ3) is 1.36. The van der Waals surface area contributed by atoms with Crippen LogP contribution in [0.15, 0.2) is 24.5 Å². The number of halogens is 1. The fourth-order valence-electron chi connectivity index (χ4n) is 1.27. The first kappa shape index (κ1) is 8.41. The first-order valence-electron chi connectivity index (χ1n) is 3.91. The van der Waals surface area contributed by atoms with Crippen LogP contribution in [0.25, 0.3) is 10.9 Å². The second kappa shape index (κ2) is 3.28. The van der Waals surface area contributed by atoms with E-state index >= 15 is 0 Å². The molecule has 66 valence electrons. The zero-order valence-electron chi connectivity index (χ0n) is 6.87. The average molecular weight is 194 g/mol. The summed E-state index contributed by atoms with van der Waals surface area (Å²) in [4.78, 5) is 8.16. The third-order valence-corrected chi connectivity index (χ3v) is 2.20. The van der Waals surface area contributed by atoms with Crippen LogP contribution in [0.3, 0.4) is 0 Å². The Labute approximate surface area is 80.6 Å². The van der Waals surface area contributed by atoms with Crippen molar-refractivity contribution in [3.8, 4) is 0 Å². The van der Waals surface area contributed by atoms with E-state index in [0.717, 1.165) is 16.6 Å². The van der Waals surface area contributed by atoms with Crippen LogP contribution in [-0.4, -0.2) is 9.97 Å². The Morgan fingerprint density at radius 3 is 2.92 bits per heavy atom. The van der Waals surface area contributed by atoms with Gasteiger partial charge >= 0.3 is 0 Å². The molecular formula is C9H8ClN3. The smallest absolute Gasteiger partial charge is 0.116 e. The van der Waals surface area contributed by atoms with Crippen LogP contribution < -0.4 is 5.73 Å². The lowest BCUT2D eigenvalue weighted by Gasteiger charge is -2.02. The molecule has 4 heteroatoms. The molecule has 0 saturated heterocycles. The average Bonchev–Trinajstić information content (AvgIpc) is 2.18. The molecule has 1 aromatic heterocycles. The van der Waals surface area contributed by atoms with Crippen molar-refractivity contribution in [3.05, 3.63) is 35.2 Å². The number of fused-ring (bicyclic) bond motifs is 1. The number of hydrogen-bond donors (Lipinski definition) is 1. The summed E-state index contributed by atoms with van der Waals surface area (Å²) in [5.41, 5.74) is 7.12. The molecule has 1 aromatic carbocycles. The molecule has 2 rings (SSSR count). The molecule has 0 atom stereocenters. The van der Waals surface area contributed by atoms with Gasteiger partial charge in [0.25, 0.3) is 0 Å². The van der Waals surface area contributed by atoms with Crippen LogP contribution >= 0.6 is 11.6 Å². The van der Waals surface area contributed by atoms with Gasteiger partial charge in [0, 0.05) is 11.9 Å².